The van der Waals surface area contributed by atoms with Crippen molar-refractivity contribution in [2.24, 2.45) is 0 Å². The molecule has 21 heavy (non-hydrogen) atoms. The van der Waals surface area contributed by atoms with Crippen molar-refractivity contribution >= 4 is 45.8 Å². The van der Waals surface area contributed by atoms with Gasteiger partial charge in [-0.3, -0.25) is 0 Å². The fourth-order valence-electron chi connectivity index (χ4n) is 2.92. The van der Waals surface area contributed by atoms with E-state index < -0.39 is 0 Å². The molecule has 0 radical (unpaired) electrons. The van der Waals surface area contributed by atoms with Crippen LogP contribution in [0.3, 0.4) is 0 Å². The van der Waals surface area contributed by atoms with Gasteiger partial charge in [0, 0.05) is 5.03 Å². The topological polar surface area (TPSA) is 0 Å². The van der Waals surface area contributed by atoms with Crippen molar-refractivity contribution in [1.82, 2.24) is 0 Å². The van der Waals surface area contributed by atoms with Crippen molar-refractivity contribution in [2.45, 2.75) is 35.5 Å². The van der Waals surface area contributed by atoms with Crippen LogP contribution in [-0.4, -0.2) is 39.5 Å². The monoisotopic (exact) mass is 461 g/mol. The Balaban J connectivity index is 0.00000400. The van der Waals surface area contributed by atoms with E-state index in [-0.39, 0.29) is 21.2 Å². The van der Waals surface area contributed by atoms with Gasteiger partial charge < -0.3 is 16.9 Å². The Kier molecular flexibility index (Phi) is 9.95. The van der Waals surface area contributed by atoms with Gasteiger partial charge in [-0.2, -0.15) is 0 Å². The molecule has 0 amide bonds. The Hall–Kier alpha value is 0.600. The van der Waals surface area contributed by atoms with E-state index in [0.717, 1.165) is 48.5 Å². The lowest BCUT2D eigenvalue weighted by Crippen LogP contribution is -3.00. The highest BCUT2D eigenvalue weighted by atomic mass is 127. The van der Waals surface area contributed by atoms with Gasteiger partial charge in [0.05, 0.1) is 25.0 Å². The molecule has 0 aliphatic heterocycles. The maximum absolute atomic E-state index is 6.54. The highest BCUT2D eigenvalue weighted by Crippen LogP contribution is 2.38. The summed E-state index contributed by atoms with van der Waals surface area (Å²) in [5, 5.41) is 0.628. The molecule has 120 valence electrons. The molecule has 2 unspecified atom stereocenters. The van der Waals surface area contributed by atoms with Gasteiger partial charge in [-0.05, 0) is 30.9 Å². The number of hydrogen-bond donors (Lipinski definition) is 0. The number of halogens is 4. The van der Waals surface area contributed by atoms with E-state index in [1.54, 1.807) is 0 Å². The van der Waals surface area contributed by atoms with Gasteiger partial charge in [0.2, 0.25) is 0 Å². The number of terminal acetylenes is 1. The summed E-state index contributed by atoms with van der Waals surface area (Å²) in [5.41, 5.74) is 0. The second-order valence-corrected chi connectivity index (χ2v) is 8.44. The van der Waals surface area contributed by atoms with Crippen LogP contribution in [-0.2, 0) is 0 Å². The summed E-state index contributed by atoms with van der Waals surface area (Å²) < 4.78 is 0.810. The van der Waals surface area contributed by atoms with Crippen LogP contribution in [0, 0.1) is 12.3 Å². The molecule has 1 nitrogen and oxygen atoms in total. The molecule has 0 N–H and O–H groups in total. The molecule has 0 fully saturated rings. The standard InChI is InChI=1S/C16H23Cl2IN.ClH/c1-4-9-20(10-5-2,11-6-3)13-16(19)8-7-14(17)12-15(16)18;/h1,7-8,12,15H,5-6,9-11,13H2,2-3H3;1H/q+1;/p-1. The highest BCUT2D eigenvalue weighted by Gasteiger charge is 2.42. The van der Waals surface area contributed by atoms with E-state index in [0.29, 0.717) is 0 Å². The molecule has 0 aromatic heterocycles. The first-order valence-electron chi connectivity index (χ1n) is 7.09. The number of allylic oxidation sites excluding steroid dienone is 3. The van der Waals surface area contributed by atoms with E-state index in [2.05, 4.69) is 48.4 Å². The van der Waals surface area contributed by atoms with Crippen LogP contribution in [0.4, 0.5) is 0 Å². The largest absolute Gasteiger partial charge is 1.00 e. The maximum atomic E-state index is 6.54. The minimum absolute atomic E-state index is 0. The van der Waals surface area contributed by atoms with Crippen LogP contribution in [0.1, 0.15) is 26.7 Å². The van der Waals surface area contributed by atoms with E-state index in [9.17, 15) is 0 Å². The van der Waals surface area contributed by atoms with Crippen molar-refractivity contribution in [3.63, 3.8) is 0 Å². The second-order valence-electron chi connectivity index (χ2n) is 5.52. The van der Waals surface area contributed by atoms with Crippen molar-refractivity contribution in [3.8, 4) is 12.3 Å². The molecule has 0 bridgehead atoms. The zero-order chi connectivity index (χ0) is 15.2. The van der Waals surface area contributed by atoms with Crippen molar-refractivity contribution in [3.05, 3.63) is 23.3 Å². The average Bonchev–Trinajstić information content (AvgIpc) is 2.36. The van der Waals surface area contributed by atoms with Crippen LogP contribution in [0.15, 0.2) is 23.3 Å². The van der Waals surface area contributed by atoms with Crippen LogP contribution >= 0.6 is 45.8 Å². The third kappa shape index (κ3) is 5.95. The molecule has 0 heterocycles. The van der Waals surface area contributed by atoms with Crippen molar-refractivity contribution < 1.29 is 16.9 Å². The van der Waals surface area contributed by atoms with Gasteiger partial charge in [0.15, 0.2) is 0 Å². The van der Waals surface area contributed by atoms with Crippen LogP contribution < -0.4 is 12.4 Å². The molecule has 1 aliphatic carbocycles. The summed E-state index contributed by atoms with van der Waals surface area (Å²) in [4.78, 5) is 0. The SMILES string of the molecule is C#CC[N+](CCC)(CCC)CC1(I)C=CC(Cl)=CC1Cl.[Cl-]. The number of hydrogen-bond acceptors (Lipinski definition) is 0. The van der Waals surface area contributed by atoms with Gasteiger partial charge in [0.1, 0.15) is 9.97 Å². The van der Waals surface area contributed by atoms with Gasteiger partial charge in [-0.1, -0.05) is 54.1 Å². The van der Waals surface area contributed by atoms with E-state index in [4.69, 9.17) is 29.6 Å². The third-order valence-electron chi connectivity index (χ3n) is 3.68. The highest BCUT2D eigenvalue weighted by molar-refractivity contribution is 14.1. The maximum Gasteiger partial charge on any atom is 0.140 e. The molecule has 1 rings (SSSR count). The Morgan fingerprint density at radius 2 is 1.95 bits per heavy atom. The van der Waals surface area contributed by atoms with Gasteiger partial charge >= 0.3 is 0 Å². The van der Waals surface area contributed by atoms with Crippen LogP contribution in [0.2, 0.25) is 0 Å². The van der Waals surface area contributed by atoms with Gasteiger partial charge in [0.25, 0.3) is 0 Å². The predicted octanol–water partition coefficient (Wildman–Crippen LogP) is 1.73. The fourth-order valence-corrected chi connectivity index (χ4v) is 4.54. The smallest absolute Gasteiger partial charge is 0.140 e. The molecule has 0 aromatic carbocycles. The minimum Gasteiger partial charge on any atom is -1.00 e. The summed E-state index contributed by atoms with van der Waals surface area (Å²) in [6, 6.07) is 0. The molecule has 0 aromatic rings. The van der Waals surface area contributed by atoms with E-state index in [1.165, 1.54) is 0 Å². The lowest BCUT2D eigenvalue weighted by molar-refractivity contribution is -0.922. The number of rotatable bonds is 7. The first kappa shape index (κ1) is 21.6. The van der Waals surface area contributed by atoms with E-state index >= 15 is 0 Å². The molecular formula is C16H23Cl3IN. The Morgan fingerprint density at radius 1 is 1.38 bits per heavy atom. The summed E-state index contributed by atoms with van der Waals surface area (Å²) >= 11 is 15.1. The predicted molar refractivity (Wildman–Crippen MR) is 98.6 cm³/mol. The molecule has 0 saturated heterocycles. The summed E-state index contributed by atoms with van der Waals surface area (Å²) in [7, 11) is 0. The lowest BCUT2D eigenvalue weighted by Gasteiger charge is -2.43. The minimum atomic E-state index is -0.126. The quantitative estimate of drug-likeness (QED) is 0.234. The summed E-state index contributed by atoms with van der Waals surface area (Å²) in [6.07, 6.45) is 13.9. The first-order chi connectivity index (χ1) is 9.41. The summed E-state index contributed by atoms with van der Waals surface area (Å²) in [5.74, 6) is 2.87. The zero-order valence-corrected chi connectivity index (χ0v) is 17.0. The fraction of sp³-hybridized carbons (Fsp3) is 0.625. The molecule has 1 aliphatic rings. The third-order valence-corrected chi connectivity index (χ3v) is 6.19. The normalized spacial score (nSPS) is 25.0. The molecule has 0 spiro atoms. The number of alkyl halides is 2. The van der Waals surface area contributed by atoms with Crippen molar-refractivity contribution in [2.75, 3.05) is 26.2 Å². The number of quaternary nitrogens is 1. The molecule has 0 saturated carbocycles. The Bertz CT molecular complexity index is 422. The first-order valence-corrected chi connectivity index (χ1v) is 8.99. The molecule has 5 heteroatoms. The average molecular weight is 463 g/mol. The zero-order valence-electron chi connectivity index (χ0n) is 12.6. The Labute approximate surface area is 159 Å². The molecular weight excluding hydrogens is 439 g/mol. The van der Waals surface area contributed by atoms with Gasteiger partial charge in [-0.15, -0.1) is 18.0 Å². The van der Waals surface area contributed by atoms with Gasteiger partial charge in [-0.25, -0.2) is 0 Å². The lowest BCUT2D eigenvalue weighted by atomic mass is 9.97. The van der Waals surface area contributed by atoms with Crippen molar-refractivity contribution in [1.29, 1.82) is 0 Å². The molecule has 2 atom stereocenters. The van der Waals surface area contributed by atoms with Crippen LogP contribution in [0.5, 0.6) is 0 Å². The Morgan fingerprint density at radius 3 is 2.38 bits per heavy atom. The van der Waals surface area contributed by atoms with Crippen LogP contribution in [0.25, 0.3) is 0 Å². The second kappa shape index (κ2) is 9.67. The number of nitrogens with zero attached hydrogens (tertiary/aromatic N) is 1. The summed E-state index contributed by atoms with van der Waals surface area (Å²) in [6.45, 7) is 8.33. The van der Waals surface area contributed by atoms with E-state index in [1.807, 2.05) is 12.2 Å².